The molecular formula is C10H6FN3O2. The van der Waals surface area contributed by atoms with Crippen molar-refractivity contribution in [2.24, 2.45) is 0 Å². The Morgan fingerprint density at radius 2 is 2.25 bits per heavy atom. The lowest BCUT2D eigenvalue weighted by molar-refractivity contribution is 0.527. The van der Waals surface area contributed by atoms with Crippen LogP contribution in [0.4, 0.5) is 4.39 Å². The van der Waals surface area contributed by atoms with Crippen LogP contribution in [0.5, 0.6) is 0 Å². The Labute approximate surface area is 87.9 Å². The van der Waals surface area contributed by atoms with Crippen LogP contribution in [0.2, 0.25) is 0 Å². The summed E-state index contributed by atoms with van der Waals surface area (Å²) in [7, 11) is 0. The van der Waals surface area contributed by atoms with Gasteiger partial charge in [-0.1, -0.05) is 0 Å². The highest BCUT2D eigenvalue weighted by molar-refractivity contribution is 5.93. The van der Waals surface area contributed by atoms with E-state index in [1.165, 1.54) is 12.1 Å². The van der Waals surface area contributed by atoms with E-state index in [-0.39, 0.29) is 11.7 Å². The van der Waals surface area contributed by atoms with E-state index in [0.717, 1.165) is 5.52 Å². The Balaban J connectivity index is 2.31. The number of rotatable bonds is 1. The van der Waals surface area contributed by atoms with Gasteiger partial charge in [-0.25, -0.2) is 14.3 Å². The van der Waals surface area contributed by atoms with Crippen LogP contribution in [0.1, 0.15) is 0 Å². The third kappa shape index (κ3) is 1.23. The van der Waals surface area contributed by atoms with Gasteiger partial charge >= 0.3 is 5.76 Å². The summed E-state index contributed by atoms with van der Waals surface area (Å²) < 4.78 is 17.9. The fourth-order valence-electron chi connectivity index (χ4n) is 1.61. The van der Waals surface area contributed by atoms with E-state index in [1.807, 2.05) is 0 Å². The zero-order valence-corrected chi connectivity index (χ0v) is 7.95. The first-order valence-electron chi connectivity index (χ1n) is 4.56. The van der Waals surface area contributed by atoms with Gasteiger partial charge in [-0.2, -0.15) is 0 Å². The molecule has 80 valence electrons. The number of halogens is 1. The van der Waals surface area contributed by atoms with Crippen molar-refractivity contribution in [2.45, 2.75) is 0 Å². The number of H-pyrrole nitrogens is 2. The number of hydrogen-bond donors (Lipinski definition) is 2. The van der Waals surface area contributed by atoms with Crippen molar-refractivity contribution in [3.8, 4) is 11.5 Å². The summed E-state index contributed by atoms with van der Waals surface area (Å²) in [4.78, 5) is 13.8. The van der Waals surface area contributed by atoms with Crippen molar-refractivity contribution in [3.05, 3.63) is 40.8 Å². The number of aromatic amines is 2. The molecule has 3 aromatic rings. The minimum atomic E-state index is -0.638. The fraction of sp³-hybridized carbons (Fsp3) is 0. The average Bonchev–Trinajstić information content (AvgIpc) is 2.83. The first kappa shape index (κ1) is 8.90. The molecule has 0 aliphatic heterocycles. The van der Waals surface area contributed by atoms with Crippen LogP contribution in [0.3, 0.4) is 0 Å². The molecule has 16 heavy (non-hydrogen) atoms. The Bertz CT molecular complexity index is 710. The van der Waals surface area contributed by atoms with Crippen LogP contribution in [0.15, 0.2) is 33.6 Å². The number of benzene rings is 1. The minimum absolute atomic E-state index is 0.141. The molecule has 3 rings (SSSR count). The summed E-state index contributed by atoms with van der Waals surface area (Å²) in [5.41, 5.74) is 1.30. The first-order valence-corrected chi connectivity index (χ1v) is 4.56. The number of fused-ring (bicyclic) bond motifs is 1. The molecule has 0 fully saturated rings. The normalized spacial score (nSPS) is 11.1. The number of hydrogen-bond acceptors (Lipinski definition) is 3. The highest BCUT2D eigenvalue weighted by Crippen LogP contribution is 2.26. The predicted octanol–water partition coefficient (Wildman–Crippen LogP) is 1.65. The van der Waals surface area contributed by atoms with Crippen molar-refractivity contribution in [1.82, 2.24) is 15.2 Å². The molecule has 0 bridgehead atoms. The van der Waals surface area contributed by atoms with Gasteiger partial charge in [-0.05, 0) is 18.2 Å². The molecule has 0 aliphatic rings. The molecule has 0 saturated heterocycles. The fourth-order valence-corrected chi connectivity index (χ4v) is 1.61. The van der Waals surface area contributed by atoms with E-state index in [2.05, 4.69) is 15.2 Å². The van der Waals surface area contributed by atoms with Crippen molar-refractivity contribution in [3.63, 3.8) is 0 Å². The van der Waals surface area contributed by atoms with E-state index in [0.29, 0.717) is 10.9 Å². The van der Waals surface area contributed by atoms with Crippen LogP contribution < -0.4 is 5.76 Å². The van der Waals surface area contributed by atoms with Crippen molar-refractivity contribution >= 4 is 10.9 Å². The van der Waals surface area contributed by atoms with Gasteiger partial charge in [0.25, 0.3) is 5.89 Å². The van der Waals surface area contributed by atoms with Gasteiger partial charge in [0.1, 0.15) is 5.82 Å². The molecule has 2 aromatic heterocycles. The van der Waals surface area contributed by atoms with Crippen LogP contribution in [0.25, 0.3) is 22.4 Å². The molecule has 2 N–H and O–H groups in total. The predicted molar refractivity (Wildman–Crippen MR) is 54.4 cm³/mol. The quantitative estimate of drug-likeness (QED) is 0.653. The molecular weight excluding hydrogens is 213 g/mol. The Kier molecular flexibility index (Phi) is 1.70. The average molecular weight is 219 g/mol. The van der Waals surface area contributed by atoms with Crippen LogP contribution in [-0.4, -0.2) is 15.2 Å². The van der Waals surface area contributed by atoms with Gasteiger partial charge in [0.05, 0.1) is 5.56 Å². The molecule has 0 aliphatic carbocycles. The van der Waals surface area contributed by atoms with Crippen molar-refractivity contribution in [2.75, 3.05) is 0 Å². The molecule has 0 amide bonds. The second-order valence-corrected chi connectivity index (χ2v) is 3.31. The molecule has 5 nitrogen and oxygen atoms in total. The maximum atomic E-state index is 13.1. The van der Waals surface area contributed by atoms with Crippen molar-refractivity contribution < 1.29 is 8.81 Å². The summed E-state index contributed by atoms with van der Waals surface area (Å²) in [6.45, 7) is 0. The van der Waals surface area contributed by atoms with E-state index >= 15 is 0 Å². The molecule has 2 heterocycles. The van der Waals surface area contributed by atoms with Gasteiger partial charge < -0.3 is 9.40 Å². The van der Waals surface area contributed by atoms with Crippen LogP contribution in [-0.2, 0) is 0 Å². The molecule has 0 spiro atoms. The Morgan fingerprint density at radius 1 is 1.38 bits per heavy atom. The molecule has 1 aromatic carbocycles. The van der Waals surface area contributed by atoms with E-state index in [9.17, 15) is 9.18 Å². The topological polar surface area (TPSA) is 74.7 Å². The highest BCUT2D eigenvalue weighted by atomic mass is 19.1. The van der Waals surface area contributed by atoms with E-state index in [4.69, 9.17) is 4.42 Å². The lowest BCUT2D eigenvalue weighted by Crippen LogP contribution is -1.93. The van der Waals surface area contributed by atoms with Gasteiger partial charge in [0.2, 0.25) is 0 Å². The third-order valence-electron chi connectivity index (χ3n) is 2.31. The zero-order valence-electron chi connectivity index (χ0n) is 7.95. The standard InChI is InChI=1S/C10H6FN3O2/c11-5-1-2-8-6(3-5)7(4-12-8)9-13-14-10(15)16-9/h1-4,12H,(H,14,15). The highest BCUT2D eigenvalue weighted by Gasteiger charge is 2.11. The van der Waals surface area contributed by atoms with Gasteiger partial charge in [-0.15, -0.1) is 5.10 Å². The van der Waals surface area contributed by atoms with Gasteiger partial charge in [-0.3, -0.25) is 0 Å². The van der Waals surface area contributed by atoms with Crippen LogP contribution in [0, 0.1) is 5.82 Å². The lowest BCUT2D eigenvalue weighted by atomic mass is 10.2. The summed E-state index contributed by atoms with van der Waals surface area (Å²) in [5, 5.41) is 6.47. The number of aromatic nitrogens is 3. The van der Waals surface area contributed by atoms with E-state index < -0.39 is 5.76 Å². The summed E-state index contributed by atoms with van der Waals surface area (Å²) in [6, 6.07) is 4.32. The SMILES string of the molecule is O=c1[nH]nc(-c2c[nH]c3ccc(F)cc23)o1. The molecule has 0 radical (unpaired) electrons. The Hall–Kier alpha value is -2.37. The minimum Gasteiger partial charge on any atom is -0.388 e. The first-order chi connectivity index (χ1) is 7.74. The molecule has 0 unspecified atom stereocenters. The largest absolute Gasteiger partial charge is 0.434 e. The van der Waals surface area contributed by atoms with Crippen molar-refractivity contribution in [1.29, 1.82) is 0 Å². The lowest BCUT2D eigenvalue weighted by Gasteiger charge is -1.92. The smallest absolute Gasteiger partial charge is 0.388 e. The Morgan fingerprint density at radius 3 is 3.00 bits per heavy atom. The van der Waals surface area contributed by atoms with E-state index in [1.54, 1.807) is 12.3 Å². The summed E-state index contributed by atoms with van der Waals surface area (Å²) in [5.74, 6) is -0.853. The second kappa shape index (κ2) is 3.06. The number of nitrogens with zero attached hydrogens (tertiary/aromatic N) is 1. The molecule has 0 saturated carbocycles. The maximum absolute atomic E-state index is 13.1. The third-order valence-corrected chi connectivity index (χ3v) is 2.31. The van der Waals surface area contributed by atoms with Gasteiger partial charge in [0, 0.05) is 17.1 Å². The summed E-state index contributed by atoms with van der Waals surface area (Å²) in [6.07, 6.45) is 1.61. The summed E-state index contributed by atoms with van der Waals surface area (Å²) >= 11 is 0. The maximum Gasteiger partial charge on any atom is 0.434 e. The second-order valence-electron chi connectivity index (χ2n) is 3.31. The number of nitrogens with one attached hydrogen (secondary N) is 2. The van der Waals surface area contributed by atoms with Gasteiger partial charge in [0.15, 0.2) is 0 Å². The molecule has 6 heteroatoms. The monoisotopic (exact) mass is 219 g/mol. The zero-order chi connectivity index (χ0) is 11.1. The van der Waals surface area contributed by atoms with Crippen LogP contribution >= 0.6 is 0 Å². The molecule has 0 atom stereocenters.